The molecule has 0 radical (unpaired) electrons. The van der Waals surface area contributed by atoms with E-state index in [2.05, 4.69) is 33.1 Å². The SMILES string of the molecule is CCCC1CC(C(NC)C(C)C)CCO1. The highest BCUT2D eigenvalue weighted by atomic mass is 16.5. The van der Waals surface area contributed by atoms with Crippen molar-refractivity contribution in [2.75, 3.05) is 13.7 Å². The molecule has 3 atom stereocenters. The molecule has 0 aromatic rings. The van der Waals surface area contributed by atoms with Gasteiger partial charge in [0.2, 0.25) is 0 Å². The van der Waals surface area contributed by atoms with E-state index in [9.17, 15) is 0 Å². The lowest BCUT2D eigenvalue weighted by Gasteiger charge is -2.36. The quantitative estimate of drug-likeness (QED) is 0.758. The zero-order valence-electron chi connectivity index (χ0n) is 10.8. The van der Waals surface area contributed by atoms with Crippen LogP contribution < -0.4 is 5.32 Å². The van der Waals surface area contributed by atoms with E-state index in [1.807, 2.05) is 0 Å². The summed E-state index contributed by atoms with van der Waals surface area (Å²) in [6.07, 6.45) is 5.46. The molecule has 0 aliphatic carbocycles. The Bertz CT molecular complexity index is 168. The van der Waals surface area contributed by atoms with Crippen molar-refractivity contribution < 1.29 is 4.74 Å². The average Bonchev–Trinajstić information content (AvgIpc) is 2.19. The van der Waals surface area contributed by atoms with Crippen molar-refractivity contribution >= 4 is 0 Å². The van der Waals surface area contributed by atoms with Gasteiger partial charge in [-0.3, -0.25) is 0 Å². The summed E-state index contributed by atoms with van der Waals surface area (Å²) in [5.74, 6) is 1.53. The molecule has 0 bridgehead atoms. The molecule has 1 heterocycles. The first kappa shape index (κ1) is 13.0. The largest absolute Gasteiger partial charge is 0.378 e. The van der Waals surface area contributed by atoms with Crippen LogP contribution in [-0.4, -0.2) is 25.8 Å². The Morgan fingerprint density at radius 1 is 1.40 bits per heavy atom. The molecule has 1 aliphatic heterocycles. The highest BCUT2D eigenvalue weighted by Gasteiger charge is 2.29. The molecule has 0 aromatic heterocycles. The first-order valence-electron chi connectivity index (χ1n) is 6.47. The second-order valence-electron chi connectivity index (χ2n) is 5.12. The molecule has 15 heavy (non-hydrogen) atoms. The van der Waals surface area contributed by atoms with Gasteiger partial charge >= 0.3 is 0 Å². The Labute approximate surface area is 94.8 Å². The third kappa shape index (κ3) is 3.76. The second-order valence-corrected chi connectivity index (χ2v) is 5.12. The average molecular weight is 213 g/mol. The molecule has 1 rings (SSSR count). The minimum absolute atomic E-state index is 0.517. The van der Waals surface area contributed by atoms with E-state index in [-0.39, 0.29) is 0 Å². The molecule has 2 nitrogen and oxygen atoms in total. The van der Waals surface area contributed by atoms with Gasteiger partial charge in [-0.05, 0) is 38.1 Å². The van der Waals surface area contributed by atoms with Crippen LogP contribution in [0.4, 0.5) is 0 Å². The third-order valence-electron chi connectivity index (χ3n) is 3.58. The molecule has 3 unspecified atom stereocenters. The standard InChI is InChI=1S/C13H27NO/c1-5-6-12-9-11(7-8-15-12)13(14-4)10(2)3/h10-14H,5-9H2,1-4H3. The van der Waals surface area contributed by atoms with E-state index < -0.39 is 0 Å². The third-order valence-corrected chi connectivity index (χ3v) is 3.58. The van der Waals surface area contributed by atoms with Crippen LogP contribution in [-0.2, 0) is 4.74 Å². The van der Waals surface area contributed by atoms with Crippen molar-refractivity contribution in [3.05, 3.63) is 0 Å². The number of rotatable bonds is 5. The Hall–Kier alpha value is -0.0800. The molecule has 1 fully saturated rings. The van der Waals surface area contributed by atoms with Crippen LogP contribution in [0.5, 0.6) is 0 Å². The Morgan fingerprint density at radius 3 is 2.67 bits per heavy atom. The van der Waals surface area contributed by atoms with Crippen molar-refractivity contribution in [3.8, 4) is 0 Å². The fourth-order valence-corrected chi connectivity index (χ4v) is 2.87. The van der Waals surface area contributed by atoms with Gasteiger partial charge in [0.05, 0.1) is 6.10 Å². The monoisotopic (exact) mass is 213 g/mol. The van der Waals surface area contributed by atoms with E-state index in [0.717, 1.165) is 18.4 Å². The molecule has 90 valence electrons. The highest BCUT2D eigenvalue weighted by molar-refractivity contribution is 4.83. The van der Waals surface area contributed by atoms with E-state index >= 15 is 0 Å². The summed E-state index contributed by atoms with van der Waals surface area (Å²) in [7, 11) is 2.09. The smallest absolute Gasteiger partial charge is 0.0578 e. The summed E-state index contributed by atoms with van der Waals surface area (Å²) < 4.78 is 5.80. The van der Waals surface area contributed by atoms with Gasteiger partial charge < -0.3 is 10.1 Å². The maximum absolute atomic E-state index is 5.80. The predicted octanol–water partition coefficient (Wildman–Crippen LogP) is 2.83. The van der Waals surface area contributed by atoms with Gasteiger partial charge in [0.1, 0.15) is 0 Å². The molecule has 1 aliphatic rings. The van der Waals surface area contributed by atoms with Gasteiger partial charge in [0.25, 0.3) is 0 Å². The van der Waals surface area contributed by atoms with Crippen LogP contribution in [0.15, 0.2) is 0 Å². The maximum Gasteiger partial charge on any atom is 0.0578 e. The Kier molecular flexibility index (Phi) is 5.62. The predicted molar refractivity (Wildman–Crippen MR) is 65.1 cm³/mol. The van der Waals surface area contributed by atoms with Crippen LogP contribution in [0.2, 0.25) is 0 Å². The summed E-state index contributed by atoms with van der Waals surface area (Å²) >= 11 is 0. The number of ether oxygens (including phenoxy) is 1. The molecule has 0 aromatic carbocycles. The van der Waals surface area contributed by atoms with Gasteiger partial charge in [-0.1, -0.05) is 27.2 Å². The zero-order valence-corrected chi connectivity index (χ0v) is 10.8. The van der Waals surface area contributed by atoms with E-state index in [4.69, 9.17) is 4.74 Å². The van der Waals surface area contributed by atoms with Crippen LogP contribution >= 0.6 is 0 Å². The second kappa shape index (κ2) is 6.49. The molecule has 1 N–H and O–H groups in total. The summed E-state index contributed by atoms with van der Waals surface area (Å²) in [5, 5.41) is 3.48. The van der Waals surface area contributed by atoms with Crippen molar-refractivity contribution in [1.29, 1.82) is 0 Å². The van der Waals surface area contributed by atoms with Gasteiger partial charge in [0.15, 0.2) is 0 Å². The fourth-order valence-electron chi connectivity index (χ4n) is 2.87. The van der Waals surface area contributed by atoms with E-state index in [0.29, 0.717) is 12.1 Å². The number of hydrogen-bond acceptors (Lipinski definition) is 2. The van der Waals surface area contributed by atoms with Crippen molar-refractivity contribution in [1.82, 2.24) is 5.32 Å². The topological polar surface area (TPSA) is 21.3 Å². The lowest BCUT2D eigenvalue weighted by molar-refractivity contribution is -0.0245. The summed E-state index contributed by atoms with van der Waals surface area (Å²) in [4.78, 5) is 0. The molecule has 1 saturated heterocycles. The van der Waals surface area contributed by atoms with Gasteiger partial charge in [-0.25, -0.2) is 0 Å². The normalized spacial score (nSPS) is 29.4. The maximum atomic E-state index is 5.80. The zero-order chi connectivity index (χ0) is 11.3. The van der Waals surface area contributed by atoms with Crippen LogP contribution in [0.3, 0.4) is 0 Å². The number of nitrogens with one attached hydrogen (secondary N) is 1. The lowest BCUT2D eigenvalue weighted by atomic mass is 9.82. The first-order valence-corrected chi connectivity index (χ1v) is 6.47. The molecule has 0 saturated carbocycles. The van der Waals surface area contributed by atoms with Crippen molar-refractivity contribution in [2.45, 2.75) is 58.6 Å². The van der Waals surface area contributed by atoms with Crippen LogP contribution in [0, 0.1) is 11.8 Å². The minimum Gasteiger partial charge on any atom is -0.378 e. The molecular formula is C13H27NO. The van der Waals surface area contributed by atoms with Gasteiger partial charge in [0, 0.05) is 12.6 Å². The van der Waals surface area contributed by atoms with E-state index in [1.165, 1.54) is 25.7 Å². The molecule has 0 spiro atoms. The van der Waals surface area contributed by atoms with Crippen LogP contribution in [0.1, 0.15) is 46.5 Å². The van der Waals surface area contributed by atoms with Crippen molar-refractivity contribution in [3.63, 3.8) is 0 Å². The highest BCUT2D eigenvalue weighted by Crippen LogP contribution is 2.28. The van der Waals surface area contributed by atoms with Gasteiger partial charge in [-0.15, -0.1) is 0 Å². The Balaban J connectivity index is 2.46. The fraction of sp³-hybridized carbons (Fsp3) is 1.00. The number of hydrogen-bond donors (Lipinski definition) is 1. The molecule has 0 amide bonds. The Morgan fingerprint density at radius 2 is 2.13 bits per heavy atom. The molecule has 2 heteroatoms. The first-order chi connectivity index (χ1) is 7.19. The van der Waals surface area contributed by atoms with Crippen LogP contribution in [0.25, 0.3) is 0 Å². The summed E-state index contributed by atoms with van der Waals surface area (Å²) in [6.45, 7) is 7.82. The summed E-state index contributed by atoms with van der Waals surface area (Å²) in [5.41, 5.74) is 0. The molecular weight excluding hydrogens is 186 g/mol. The van der Waals surface area contributed by atoms with Crippen molar-refractivity contribution in [2.24, 2.45) is 11.8 Å². The lowest BCUT2D eigenvalue weighted by Crippen LogP contribution is -2.42. The summed E-state index contributed by atoms with van der Waals surface area (Å²) in [6, 6.07) is 0.660. The minimum atomic E-state index is 0.517. The van der Waals surface area contributed by atoms with Gasteiger partial charge in [-0.2, -0.15) is 0 Å². The van der Waals surface area contributed by atoms with E-state index in [1.54, 1.807) is 0 Å².